The van der Waals surface area contributed by atoms with E-state index in [0.29, 0.717) is 17.2 Å². The molecule has 0 aliphatic carbocycles. The second kappa shape index (κ2) is 11.3. The number of amides is 1. The maximum absolute atomic E-state index is 12.2. The van der Waals surface area contributed by atoms with E-state index in [0.717, 1.165) is 5.56 Å². The lowest BCUT2D eigenvalue weighted by Crippen LogP contribution is -2.28. The van der Waals surface area contributed by atoms with Gasteiger partial charge >= 0.3 is 5.97 Å². The first-order valence-corrected chi connectivity index (χ1v) is 11.7. The number of aryl methyl sites for hydroxylation is 1. The Bertz CT molecular complexity index is 1200. The number of benzene rings is 3. The zero-order valence-electron chi connectivity index (χ0n) is 18.0. The summed E-state index contributed by atoms with van der Waals surface area (Å²) >= 11 is 0. The zero-order valence-corrected chi connectivity index (χ0v) is 18.8. The third-order valence-electron chi connectivity index (χ3n) is 4.45. The zero-order chi connectivity index (χ0) is 23.7. The van der Waals surface area contributed by atoms with Crippen molar-refractivity contribution in [3.05, 3.63) is 84.4 Å². The van der Waals surface area contributed by atoms with Crippen molar-refractivity contribution >= 4 is 27.6 Å². The second-order valence-corrected chi connectivity index (χ2v) is 8.85. The summed E-state index contributed by atoms with van der Waals surface area (Å²) in [4.78, 5) is 24.2. The average molecular weight is 469 g/mol. The van der Waals surface area contributed by atoms with Crippen LogP contribution in [0.2, 0.25) is 0 Å². The summed E-state index contributed by atoms with van der Waals surface area (Å²) < 4.78 is 37.5. The van der Waals surface area contributed by atoms with Crippen LogP contribution in [0.4, 0.5) is 5.69 Å². The van der Waals surface area contributed by atoms with Crippen LogP contribution in [0.1, 0.15) is 12.0 Å². The quantitative estimate of drug-likeness (QED) is 0.440. The van der Waals surface area contributed by atoms with Crippen LogP contribution in [0.3, 0.4) is 0 Å². The number of carbonyl (C=O) groups excluding carboxylic acids is 2. The van der Waals surface area contributed by atoms with E-state index >= 15 is 0 Å². The molecule has 0 unspecified atom stereocenters. The highest BCUT2D eigenvalue weighted by Crippen LogP contribution is 2.29. The van der Waals surface area contributed by atoms with Gasteiger partial charge in [-0.05, 0) is 43.3 Å². The van der Waals surface area contributed by atoms with Crippen molar-refractivity contribution in [2.75, 3.05) is 18.5 Å². The summed E-state index contributed by atoms with van der Waals surface area (Å²) in [6, 6.07) is 22.3. The molecule has 33 heavy (non-hydrogen) atoms. The Labute approximate surface area is 192 Å². The monoisotopic (exact) mass is 468 g/mol. The Morgan fingerprint density at radius 2 is 1.55 bits per heavy atom. The van der Waals surface area contributed by atoms with E-state index in [1.807, 2.05) is 25.1 Å². The van der Waals surface area contributed by atoms with Gasteiger partial charge in [-0.1, -0.05) is 48.0 Å². The van der Waals surface area contributed by atoms with E-state index in [-0.39, 0.29) is 17.9 Å². The summed E-state index contributed by atoms with van der Waals surface area (Å²) in [6.07, 6.45) is -0.216. The van der Waals surface area contributed by atoms with Crippen LogP contribution in [0.5, 0.6) is 11.5 Å². The molecular formula is C24H24N2O6S. The number of carbonyl (C=O) groups is 2. The lowest BCUT2D eigenvalue weighted by Gasteiger charge is -2.12. The fraction of sp³-hybridized carbons (Fsp3) is 0.167. The predicted octanol–water partition coefficient (Wildman–Crippen LogP) is 3.64. The van der Waals surface area contributed by atoms with Crippen molar-refractivity contribution in [1.82, 2.24) is 4.72 Å². The van der Waals surface area contributed by atoms with Crippen molar-refractivity contribution in [1.29, 1.82) is 0 Å². The molecule has 172 valence electrons. The van der Waals surface area contributed by atoms with E-state index in [4.69, 9.17) is 9.47 Å². The number of ether oxygens (including phenoxy) is 2. The molecule has 0 radical (unpaired) electrons. The largest absolute Gasteiger partial charge is 0.456 e. The van der Waals surface area contributed by atoms with Crippen molar-refractivity contribution in [2.24, 2.45) is 0 Å². The maximum atomic E-state index is 12.2. The van der Waals surface area contributed by atoms with Crippen molar-refractivity contribution in [3.63, 3.8) is 0 Å². The van der Waals surface area contributed by atoms with Crippen LogP contribution in [-0.4, -0.2) is 33.4 Å². The van der Waals surface area contributed by atoms with E-state index in [2.05, 4.69) is 10.0 Å². The Kier molecular flexibility index (Phi) is 8.17. The summed E-state index contributed by atoms with van der Waals surface area (Å²) in [5.41, 5.74) is 1.36. The SMILES string of the molecule is Cc1ccc(S(=O)(=O)NCCC(=O)OCC(=O)Nc2ccccc2Oc2ccccc2)cc1. The van der Waals surface area contributed by atoms with E-state index in [1.165, 1.54) is 12.1 Å². The van der Waals surface area contributed by atoms with E-state index in [1.54, 1.807) is 48.5 Å². The van der Waals surface area contributed by atoms with Crippen LogP contribution < -0.4 is 14.8 Å². The Hall–Kier alpha value is -3.69. The third kappa shape index (κ3) is 7.44. The minimum atomic E-state index is -3.73. The molecule has 3 aromatic rings. The van der Waals surface area contributed by atoms with Gasteiger partial charge in [0.1, 0.15) is 5.75 Å². The van der Waals surface area contributed by atoms with Crippen LogP contribution in [-0.2, 0) is 24.3 Å². The molecule has 0 saturated carbocycles. The molecule has 0 saturated heterocycles. The van der Waals surface area contributed by atoms with Gasteiger partial charge in [-0.2, -0.15) is 0 Å². The maximum Gasteiger partial charge on any atom is 0.307 e. The van der Waals surface area contributed by atoms with Crippen molar-refractivity contribution in [2.45, 2.75) is 18.2 Å². The van der Waals surface area contributed by atoms with Gasteiger partial charge in [0, 0.05) is 6.54 Å². The van der Waals surface area contributed by atoms with Gasteiger partial charge in [-0.3, -0.25) is 9.59 Å². The molecule has 0 heterocycles. The van der Waals surface area contributed by atoms with Gasteiger partial charge in [0.25, 0.3) is 5.91 Å². The van der Waals surface area contributed by atoms with Crippen LogP contribution in [0, 0.1) is 6.92 Å². The fourth-order valence-electron chi connectivity index (χ4n) is 2.77. The lowest BCUT2D eigenvalue weighted by atomic mass is 10.2. The molecule has 9 heteroatoms. The standard InChI is InChI=1S/C24H24N2O6S/c1-18-11-13-20(14-12-18)33(29,30)25-16-15-24(28)31-17-23(27)26-21-9-5-6-10-22(21)32-19-7-3-2-4-8-19/h2-14,25H,15-17H2,1H3,(H,26,27). The van der Waals surface area contributed by atoms with Gasteiger partial charge in [0.05, 0.1) is 17.0 Å². The number of sulfonamides is 1. The van der Waals surface area contributed by atoms with Gasteiger partial charge in [-0.25, -0.2) is 13.1 Å². The number of esters is 1. The smallest absolute Gasteiger partial charge is 0.307 e. The normalized spacial score (nSPS) is 10.9. The Morgan fingerprint density at radius 1 is 0.879 bits per heavy atom. The minimum absolute atomic E-state index is 0.109. The average Bonchev–Trinajstić information content (AvgIpc) is 2.80. The van der Waals surface area contributed by atoms with Crippen molar-refractivity contribution in [3.8, 4) is 11.5 Å². The fourth-order valence-corrected chi connectivity index (χ4v) is 3.80. The molecule has 0 atom stereocenters. The van der Waals surface area contributed by atoms with Crippen molar-refractivity contribution < 1.29 is 27.5 Å². The first-order chi connectivity index (χ1) is 15.8. The van der Waals surface area contributed by atoms with E-state index in [9.17, 15) is 18.0 Å². The Balaban J connectivity index is 1.44. The molecule has 0 bridgehead atoms. The lowest BCUT2D eigenvalue weighted by molar-refractivity contribution is -0.147. The first kappa shape index (κ1) is 24.0. The topological polar surface area (TPSA) is 111 Å². The molecule has 3 rings (SSSR count). The van der Waals surface area contributed by atoms with Crippen LogP contribution in [0.25, 0.3) is 0 Å². The molecule has 1 amide bonds. The summed E-state index contributed by atoms with van der Waals surface area (Å²) in [7, 11) is -3.73. The Morgan fingerprint density at radius 3 is 2.27 bits per heavy atom. The first-order valence-electron chi connectivity index (χ1n) is 10.2. The molecule has 8 nitrogen and oxygen atoms in total. The molecule has 3 aromatic carbocycles. The predicted molar refractivity (Wildman–Crippen MR) is 124 cm³/mol. The molecule has 2 N–H and O–H groups in total. The highest BCUT2D eigenvalue weighted by molar-refractivity contribution is 7.89. The third-order valence-corrected chi connectivity index (χ3v) is 5.93. The summed E-state index contributed by atoms with van der Waals surface area (Å²) in [6.45, 7) is 1.19. The molecule has 0 fully saturated rings. The highest BCUT2D eigenvalue weighted by Gasteiger charge is 2.15. The van der Waals surface area contributed by atoms with Crippen LogP contribution >= 0.6 is 0 Å². The molecule has 0 aromatic heterocycles. The number of anilines is 1. The summed E-state index contributed by atoms with van der Waals surface area (Å²) in [5, 5.41) is 2.64. The number of rotatable bonds is 10. The molecule has 0 aliphatic rings. The number of nitrogens with one attached hydrogen (secondary N) is 2. The number of hydrogen-bond donors (Lipinski definition) is 2. The highest BCUT2D eigenvalue weighted by atomic mass is 32.2. The van der Waals surface area contributed by atoms with E-state index < -0.39 is 28.5 Å². The second-order valence-electron chi connectivity index (χ2n) is 7.08. The minimum Gasteiger partial charge on any atom is -0.456 e. The van der Waals surface area contributed by atoms with Gasteiger partial charge < -0.3 is 14.8 Å². The van der Waals surface area contributed by atoms with Gasteiger partial charge in [0.2, 0.25) is 10.0 Å². The molecule has 0 aliphatic heterocycles. The van der Waals surface area contributed by atoms with Crippen LogP contribution in [0.15, 0.2) is 83.8 Å². The van der Waals surface area contributed by atoms with Gasteiger partial charge in [0.15, 0.2) is 12.4 Å². The number of para-hydroxylation sites is 3. The van der Waals surface area contributed by atoms with Gasteiger partial charge in [-0.15, -0.1) is 0 Å². The molecule has 0 spiro atoms. The summed E-state index contributed by atoms with van der Waals surface area (Å²) in [5.74, 6) is -0.203. The number of hydrogen-bond acceptors (Lipinski definition) is 6. The molecular weight excluding hydrogens is 444 g/mol.